The Hall–Kier alpha value is -1.81. The summed E-state index contributed by atoms with van der Waals surface area (Å²) in [5.41, 5.74) is 0.0612. The average molecular weight is 420 g/mol. The summed E-state index contributed by atoms with van der Waals surface area (Å²) < 4.78 is 71.5. The first-order valence-corrected chi connectivity index (χ1v) is 10.7. The van der Waals surface area contributed by atoms with Gasteiger partial charge in [0.1, 0.15) is 10.6 Å². The maximum Gasteiger partial charge on any atom is 0.391 e. The highest BCUT2D eigenvalue weighted by molar-refractivity contribution is 7.89. The van der Waals surface area contributed by atoms with Gasteiger partial charge in [0.05, 0.1) is 13.0 Å². The lowest BCUT2D eigenvalue weighted by Gasteiger charge is -2.31. The fourth-order valence-corrected chi connectivity index (χ4v) is 4.90. The van der Waals surface area contributed by atoms with E-state index in [9.17, 15) is 26.4 Å². The maximum absolute atomic E-state index is 13.0. The number of amides is 1. The van der Waals surface area contributed by atoms with Crippen molar-refractivity contribution in [3.05, 3.63) is 23.8 Å². The molecule has 1 amide bonds. The number of carbonyl (C=O) groups is 1. The van der Waals surface area contributed by atoms with Crippen LogP contribution in [0.1, 0.15) is 48.9 Å². The van der Waals surface area contributed by atoms with E-state index in [2.05, 4.69) is 10.0 Å². The first-order valence-electron chi connectivity index (χ1n) is 9.18. The second-order valence-corrected chi connectivity index (χ2v) is 9.02. The molecule has 28 heavy (non-hydrogen) atoms. The average Bonchev–Trinajstić information content (AvgIpc) is 3.44. The first-order chi connectivity index (χ1) is 13.1. The van der Waals surface area contributed by atoms with Gasteiger partial charge in [-0.2, -0.15) is 13.2 Å². The fourth-order valence-electron chi connectivity index (χ4n) is 3.40. The van der Waals surface area contributed by atoms with Crippen molar-refractivity contribution in [3.8, 4) is 5.75 Å². The summed E-state index contributed by atoms with van der Waals surface area (Å²) in [6, 6.07) is 3.25. The van der Waals surface area contributed by atoms with Gasteiger partial charge >= 0.3 is 6.18 Å². The van der Waals surface area contributed by atoms with Crippen molar-refractivity contribution in [3.63, 3.8) is 0 Å². The van der Waals surface area contributed by atoms with Gasteiger partial charge in [0.2, 0.25) is 10.0 Å². The minimum absolute atomic E-state index is 0.0612. The third-order valence-electron chi connectivity index (χ3n) is 5.09. The topological polar surface area (TPSA) is 84.5 Å². The Morgan fingerprint density at radius 1 is 1.14 bits per heavy atom. The van der Waals surface area contributed by atoms with Gasteiger partial charge in [-0.25, -0.2) is 13.1 Å². The zero-order chi connectivity index (χ0) is 20.5. The number of methoxy groups -OCH3 is 1. The zero-order valence-electron chi connectivity index (χ0n) is 15.4. The Bertz CT molecular complexity index is 838. The number of nitrogens with one attached hydrogen (secondary N) is 2. The molecule has 0 spiro atoms. The molecule has 2 atom stereocenters. The molecule has 0 heterocycles. The highest BCUT2D eigenvalue weighted by atomic mass is 32.2. The smallest absolute Gasteiger partial charge is 0.391 e. The number of benzene rings is 1. The Morgan fingerprint density at radius 3 is 2.46 bits per heavy atom. The van der Waals surface area contributed by atoms with E-state index in [-0.39, 0.29) is 35.1 Å². The van der Waals surface area contributed by atoms with Crippen LogP contribution in [0.2, 0.25) is 0 Å². The molecule has 6 nitrogen and oxygen atoms in total. The van der Waals surface area contributed by atoms with Crippen molar-refractivity contribution in [2.45, 2.75) is 61.7 Å². The van der Waals surface area contributed by atoms with Gasteiger partial charge in [-0.3, -0.25) is 4.79 Å². The van der Waals surface area contributed by atoms with Crippen LogP contribution in [0.15, 0.2) is 23.1 Å². The summed E-state index contributed by atoms with van der Waals surface area (Å²) >= 11 is 0. The van der Waals surface area contributed by atoms with E-state index in [4.69, 9.17) is 4.74 Å². The number of rotatable bonds is 6. The molecule has 2 N–H and O–H groups in total. The summed E-state index contributed by atoms with van der Waals surface area (Å²) in [6.07, 6.45) is -2.04. The molecule has 2 unspecified atom stereocenters. The fraction of sp³-hybridized carbons (Fsp3) is 0.611. The van der Waals surface area contributed by atoms with Gasteiger partial charge in [0.15, 0.2) is 0 Å². The predicted octanol–water partition coefficient (Wildman–Crippen LogP) is 2.99. The van der Waals surface area contributed by atoms with Gasteiger partial charge in [0, 0.05) is 17.6 Å². The number of hydrogen-bond acceptors (Lipinski definition) is 4. The van der Waals surface area contributed by atoms with E-state index in [1.54, 1.807) is 0 Å². The van der Waals surface area contributed by atoms with Crippen LogP contribution >= 0.6 is 0 Å². The third-order valence-corrected chi connectivity index (χ3v) is 6.63. The molecule has 1 aromatic rings. The molecule has 156 valence electrons. The Labute approximate surface area is 161 Å². The Kier molecular flexibility index (Phi) is 5.90. The Balaban J connectivity index is 1.75. The number of alkyl halides is 3. The maximum atomic E-state index is 13.0. The molecule has 0 aliphatic heterocycles. The van der Waals surface area contributed by atoms with Crippen molar-refractivity contribution in [2.75, 3.05) is 7.11 Å². The molecular formula is C18H23F3N2O4S. The largest absolute Gasteiger partial charge is 0.495 e. The van der Waals surface area contributed by atoms with E-state index in [1.807, 2.05) is 0 Å². The van der Waals surface area contributed by atoms with Crippen LogP contribution in [-0.4, -0.2) is 39.7 Å². The zero-order valence-corrected chi connectivity index (χ0v) is 16.2. The van der Waals surface area contributed by atoms with Crippen LogP contribution in [0.4, 0.5) is 13.2 Å². The molecule has 3 rings (SSSR count). The number of carbonyl (C=O) groups excluding carboxylic acids is 1. The molecule has 0 bridgehead atoms. The third kappa shape index (κ3) is 4.96. The van der Waals surface area contributed by atoms with E-state index < -0.39 is 34.1 Å². The van der Waals surface area contributed by atoms with Gasteiger partial charge in [0.25, 0.3) is 5.91 Å². The molecule has 2 fully saturated rings. The van der Waals surface area contributed by atoms with Crippen molar-refractivity contribution in [1.82, 2.24) is 10.0 Å². The van der Waals surface area contributed by atoms with Crippen molar-refractivity contribution in [1.29, 1.82) is 0 Å². The van der Waals surface area contributed by atoms with Gasteiger partial charge in [-0.1, -0.05) is 6.42 Å². The van der Waals surface area contributed by atoms with Crippen LogP contribution in [0.25, 0.3) is 0 Å². The normalized spacial score (nSPS) is 23.3. The first kappa shape index (κ1) is 20.9. The number of ether oxygens (including phenoxy) is 1. The standard InChI is InChI=1S/C18H23F3N2O4S/c1-27-15-8-5-11(9-16(15)28(25,26)23-13-6-7-13)17(24)22-14-4-2-3-12(10-14)18(19,20)21/h5,8-9,12-14,23H,2-4,6-7,10H2,1H3,(H,22,24). The van der Waals surface area contributed by atoms with Crippen molar-refractivity contribution < 1.29 is 31.1 Å². The quantitative estimate of drug-likeness (QED) is 0.741. The lowest BCUT2D eigenvalue weighted by Crippen LogP contribution is -2.41. The minimum Gasteiger partial charge on any atom is -0.495 e. The van der Waals surface area contributed by atoms with Crippen LogP contribution in [-0.2, 0) is 10.0 Å². The highest BCUT2D eigenvalue weighted by Crippen LogP contribution is 2.37. The predicted molar refractivity (Wildman–Crippen MR) is 95.6 cm³/mol. The van der Waals surface area contributed by atoms with Crippen LogP contribution in [0.5, 0.6) is 5.75 Å². The second-order valence-electron chi connectivity index (χ2n) is 7.34. The summed E-state index contributed by atoms with van der Waals surface area (Å²) in [6.45, 7) is 0. The van der Waals surface area contributed by atoms with Gasteiger partial charge in [-0.05, 0) is 50.3 Å². The minimum atomic E-state index is -4.28. The molecule has 2 saturated carbocycles. The second kappa shape index (κ2) is 7.90. The van der Waals surface area contributed by atoms with Crippen LogP contribution in [0.3, 0.4) is 0 Å². The van der Waals surface area contributed by atoms with E-state index in [0.29, 0.717) is 12.8 Å². The molecule has 10 heteroatoms. The molecule has 0 aromatic heterocycles. The summed E-state index contributed by atoms with van der Waals surface area (Å²) in [5, 5.41) is 2.61. The van der Waals surface area contributed by atoms with E-state index in [1.165, 1.54) is 25.3 Å². The lowest BCUT2D eigenvalue weighted by atomic mass is 9.85. The van der Waals surface area contributed by atoms with E-state index in [0.717, 1.165) is 12.8 Å². The molecular weight excluding hydrogens is 397 g/mol. The van der Waals surface area contributed by atoms with Gasteiger partial charge < -0.3 is 10.1 Å². The summed E-state index contributed by atoms with van der Waals surface area (Å²) in [7, 11) is -2.54. The molecule has 0 radical (unpaired) electrons. The molecule has 2 aliphatic carbocycles. The number of hydrogen-bond donors (Lipinski definition) is 2. The highest BCUT2D eigenvalue weighted by Gasteiger charge is 2.42. The molecule has 1 aromatic carbocycles. The van der Waals surface area contributed by atoms with Crippen LogP contribution < -0.4 is 14.8 Å². The molecule has 2 aliphatic rings. The number of halogens is 3. The monoisotopic (exact) mass is 420 g/mol. The SMILES string of the molecule is COc1ccc(C(=O)NC2CCCC(C(F)(F)F)C2)cc1S(=O)(=O)NC1CC1. The van der Waals surface area contributed by atoms with Crippen molar-refractivity contribution >= 4 is 15.9 Å². The molecule has 0 saturated heterocycles. The van der Waals surface area contributed by atoms with Crippen LogP contribution in [0, 0.1) is 5.92 Å². The van der Waals surface area contributed by atoms with E-state index >= 15 is 0 Å². The lowest BCUT2D eigenvalue weighted by molar-refractivity contribution is -0.183. The van der Waals surface area contributed by atoms with Crippen molar-refractivity contribution in [2.24, 2.45) is 5.92 Å². The number of sulfonamides is 1. The van der Waals surface area contributed by atoms with Gasteiger partial charge in [-0.15, -0.1) is 0 Å². The summed E-state index contributed by atoms with van der Waals surface area (Å²) in [5.74, 6) is -1.93. The summed E-state index contributed by atoms with van der Waals surface area (Å²) in [4.78, 5) is 12.4. The Morgan fingerprint density at radius 2 is 1.86 bits per heavy atom.